The summed E-state index contributed by atoms with van der Waals surface area (Å²) in [4.78, 5) is 12.0. The van der Waals surface area contributed by atoms with Gasteiger partial charge >= 0.3 is 0 Å². The summed E-state index contributed by atoms with van der Waals surface area (Å²) >= 11 is 0. The van der Waals surface area contributed by atoms with E-state index in [1.54, 1.807) is 0 Å². The Hall–Kier alpha value is -0.570. The number of nitrogens with one attached hydrogen (secondary N) is 1. The van der Waals surface area contributed by atoms with Crippen LogP contribution in [0.3, 0.4) is 0 Å². The molecule has 3 nitrogen and oxygen atoms in total. The Morgan fingerprint density at radius 1 is 1.12 bits per heavy atom. The van der Waals surface area contributed by atoms with Gasteiger partial charge in [-0.2, -0.15) is 0 Å². The molecule has 96 valence electrons. The summed E-state index contributed by atoms with van der Waals surface area (Å²) in [7, 11) is 0. The van der Waals surface area contributed by atoms with Crippen molar-refractivity contribution in [1.29, 1.82) is 0 Å². The van der Waals surface area contributed by atoms with Gasteiger partial charge in [0.25, 0.3) is 0 Å². The minimum atomic E-state index is -0.448. The minimum Gasteiger partial charge on any atom is -0.349 e. The van der Waals surface area contributed by atoms with Gasteiger partial charge < -0.3 is 11.1 Å². The van der Waals surface area contributed by atoms with Crippen molar-refractivity contribution in [3.8, 4) is 0 Å². The van der Waals surface area contributed by atoms with Crippen molar-refractivity contribution >= 4 is 5.91 Å². The molecular formula is C13H28N2O. The first-order valence-electron chi connectivity index (χ1n) is 6.30. The monoisotopic (exact) mass is 228 g/mol. The molecular weight excluding hydrogens is 200 g/mol. The van der Waals surface area contributed by atoms with Crippen molar-refractivity contribution in [2.24, 2.45) is 11.1 Å². The number of hydrogen-bond donors (Lipinski definition) is 2. The lowest BCUT2D eigenvalue weighted by Crippen LogP contribution is -2.56. The number of carbonyl (C=O) groups excluding carboxylic acids is 1. The van der Waals surface area contributed by atoms with Gasteiger partial charge in [0.1, 0.15) is 0 Å². The van der Waals surface area contributed by atoms with Crippen molar-refractivity contribution < 1.29 is 4.79 Å². The quantitative estimate of drug-likeness (QED) is 0.759. The lowest BCUT2D eigenvalue weighted by molar-refractivity contribution is -0.126. The molecule has 1 amide bonds. The third-order valence-electron chi connectivity index (χ3n) is 3.63. The second kappa shape index (κ2) is 5.67. The first kappa shape index (κ1) is 15.4. The average molecular weight is 228 g/mol. The van der Waals surface area contributed by atoms with E-state index in [2.05, 4.69) is 26.1 Å². The highest BCUT2D eigenvalue weighted by atomic mass is 16.2. The zero-order valence-corrected chi connectivity index (χ0v) is 11.7. The third-order valence-corrected chi connectivity index (χ3v) is 3.63. The van der Waals surface area contributed by atoms with Crippen LogP contribution in [0.2, 0.25) is 0 Å². The minimum absolute atomic E-state index is 0.0296. The molecule has 0 saturated carbocycles. The second-order valence-electron chi connectivity index (χ2n) is 5.67. The summed E-state index contributed by atoms with van der Waals surface area (Å²) < 4.78 is 0. The van der Waals surface area contributed by atoms with E-state index in [0.29, 0.717) is 0 Å². The number of rotatable bonds is 5. The summed E-state index contributed by atoms with van der Waals surface area (Å²) in [5, 5.41) is 3.12. The highest BCUT2D eigenvalue weighted by Crippen LogP contribution is 2.22. The fraction of sp³-hybridized carbons (Fsp3) is 0.923. The molecule has 0 aromatic rings. The van der Waals surface area contributed by atoms with E-state index in [1.807, 2.05) is 20.8 Å². The molecule has 16 heavy (non-hydrogen) atoms. The summed E-state index contributed by atoms with van der Waals surface area (Å²) in [6.45, 7) is 12.3. The van der Waals surface area contributed by atoms with E-state index in [4.69, 9.17) is 5.73 Å². The van der Waals surface area contributed by atoms with E-state index in [1.165, 1.54) is 0 Å². The molecule has 0 spiro atoms. The highest BCUT2D eigenvalue weighted by molar-refractivity contribution is 5.83. The van der Waals surface area contributed by atoms with E-state index in [-0.39, 0.29) is 16.9 Å². The fourth-order valence-corrected chi connectivity index (χ4v) is 1.75. The Kier molecular flexibility index (Phi) is 5.47. The van der Waals surface area contributed by atoms with Gasteiger partial charge in [0.2, 0.25) is 5.91 Å². The summed E-state index contributed by atoms with van der Waals surface area (Å²) in [5.74, 6) is -0.0296. The van der Waals surface area contributed by atoms with Crippen LogP contribution >= 0.6 is 0 Å². The lowest BCUT2D eigenvalue weighted by Gasteiger charge is -2.35. The fourth-order valence-electron chi connectivity index (χ4n) is 1.75. The molecule has 1 unspecified atom stereocenters. The topological polar surface area (TPSA) is 55.1 Å². The molecule has 0 aliphatic carbocycles. The van der Waals surface area contributed by atoms with Crippen molar-refractivity contribution in [2.45, 2.75) is 72.4 Å². The molecule has 0 rings (SSSR count). The van der Waals surface area contributed by atoms with Crippen LogP contribution in [0, 0.1) is 5.41 Å². The standard InChI is InChI=1S/C13H28N2O/c1-7-13(8-2,9-3)15-11(16)10(14)12(4,5)6/h10H,7-9,14H2,1-6H3,(H,15,16). The second-order valence-corrected chi connectivity index (χ2v) is 5.67. The van der Waals surface area contributed by atoms with E-state index in [9.17, 15) is 4.79 Å². The van der Waals surface area contributed by atoms with Gasteiger partial charge in [-0.15, -0.1) is 0 Å². The number of carbonyl (C=O) groups is 1. The Balaban J connectivity index is 4.65. The molecule has 0 aromatic carbocycles. The molecule has 0 radical (unpaired) electrons. The van der Waals surface area contributed by atoms with Crippen molar-refractivity contribution in [2.75, 3.05) is 0 Å². The Labute approximate surface area is 100 Å². The maximum atomic E-state index is 12.0. The average Bonchev–Trinajstić information content (AvgIpc) is 2.23. The Bertz CT molecular complexity index is 218. The highest BCUT2D eigenvalue weighted by Gasteiger charge is 2.32. The smallest absolute Gasteiger partial charge is 0.237 e. The van der Waals surface area contributed by atoms with Crippen LogP contribution in [0.4, 0.5) is 0 Å². The molecule has 0 bridgehead atoms. The molecule has 1 atom stereocenters. The van der Waals surface area contributed by atoms with Gasteiger partial charge in [0.05, 0.1) is 6.04 Å². The number of hydrogen-bond acceptors (Lipinski definition) is 2. The van der Waals surface area contributed by atoms with E-state index >= 15 is 0 Å². The largest absolute Gasteiger partial charge is 0.349 e. The number of nitrogens with two attached hydrogens (primary N) is 1. The van der Waals surface area contributed by atoms with Gasteiger partial charge in [-0.1, -0.05) is 41.5 Å². The molecule has 3 N–H and O–H groups in total. The Morgan fingerprint density at radius 2 is 1.50 bits per heavy atom. The predicted molar refractivity (Wildman–Crippen MR) is 69.2 cm³/mol. The third kappa shape index (κ3) is 3.78. The van der Waals surface area contributed by atoms with Crippen molar-refractivity contribution in [3.05, 3.63) is 0 Å². The van der Waals surface area contributed by atoms with E-state index < -0.39 is 6.04 Å². The van der Waals surface area contributed by atoms with Crippen LogP contribution in [0.25, 0.3) is 0 Å². The van der Waals surface area contributed by atoms with Gasteiger partial charge in [0.15, 0.2) is 0 Å². The van der Waals surface area contributed by atoms with Gasteiger partial charge in [-0.3, -0.25) is 4.79 Å². The zero-order valence-electron chi connectivity index (χ0n) is 11.7. The summed E-state index contributed by atoms with van der Waals surface area (Å²) in [5.41, 5.74) is 5.68. The molecule has 3 heteroatoms. The molecule has 0 saturated heterocycles. The first-order chi connectivity index (χ1) is 7.22. The van der Waals surface area contributed by atoms with Gasteiger partial charge in [-0.05, 0) is 24.7 Å². The van der Waals surface area contributed by atoms with E-state index in [0.717, 1.165) is 19.3 Å². The van der Waals surface area contributed by atoms with Crippen LogP contribution in [-0.4, -0.2) is 17.5 Å². The summed E-state index contributed by atoms with van der Waals surface area (Å²) in [6.07, 6.45) is 2.84. The SMILES string of the molecule is CCC(CC)(CC)NC(=O)C(N)C(C)(C)C. The molecule has 0 fully saturated rings. The maximum Gasteiger partial charge on any atom is 0.237 e. The van der Waals surface area contributed by atoms with Gasteiger partial charge in [-0.25, -0.2) is 0 Å². The first-order valence-corrected chi connectivity index (χ1v) is 6.30. The van der Waals surface area contributed by atoms with Crippen LogP contribution in [0.15, 0.2) is 0 Å². The molecule has 0 aliphatic rings. The predicted octanol–water partition coefficient (Wildman–Crippen LogP) is 2.44. The normalized spacial score (nSPS) is 14.7. The van der Waals surface area contributed by atoms with Gasteiger partial charge in [0, 0.05) is 5.54 Å². The Morgan fingerprint density at radius 3 is 1.75 bits per heavy atom. The maximum absolute atomic E-state index is 12.0. The zero-order chi connectivity index (χ0) is 13.0. The number of amides is 1. The molecule has 0 aromatic heterocycles. The van der Waals surface area contributed by atoms with Crippen LogP contribution in [-0.2, 0) is 4.79 Å². The summed E-state index contributed by atoms with van der Waals surface area (Å²) in [6, 6.07) is -0.448. The van der Waals surface area contributed by atoms with Crippen LogP contribution < -0.4 is 11.1 Å². The van der Waals surface area contributed by atoms with Crippen LogP contribution in [0.5, 0.6) is 0 Å². The van der Waals surface area contributed by atoms with Crippen molar-refractivity contribution in [1.82, 2.24) is 5.32 Å². The molecule has 0 aliphatic heterocycles. The lowest BCUT2D eigenvalue weighted by atomic mass is 9.84. The van der Waals surface area contributed by atoms with Crippen LogP contribution in [0.1, 0.15) is 60.8 Å². The van der Waals surface area contributed by atoms with Crippen molar-refractivity contribution in [3.63, 3.8) is 0 Å². The molecule has 0 heterocycles.